The molecule has 2 atom stereocenters. The minimum atomic E-state index is -0.812. The van der Waals surface area contributed by atoms with Crippen LogP contribution in [0.4, 0.5) is 14.6 Å². The summed E-state index contributed by atoms with van der Waals surface area (Å²) in [4.78, 5) is 25.2. The third-order valence-electron chi connectivity index (χ3n) is 6.37. The van der Waals surface area contributed by atoms with Gasteiger partial charge in [0.2, 0.25) is 0 Å². The monoisotopic (exact) mass is 445 g/mol. The molecule has 3 saturated heterocycles. The van der Waals surface area contributed by atoms with Crippen molar-refractivity contribution in [3.63, 3.8) is 0 Å². The number of aromatic nitrogens is 3. The Kier molecular flexibility index (Phi) is 4.16. The summed E-state index contributed by atoms with van der Waals surface area (Å²) in [6.07, 6.45) is 8.03. The number of H-pyrrole nitrogens is 1. The summed E-state index contributed by atoms with van der Waals surface area (Å²) >= 11 is 0. The minimum Gasteiger partial charge on any atom is -0.508 e. The van der Waals surface area contributed by atoms with E-state index in [1.165, 1.54) is 30.5 Å². The first-order valence-electron chi connectivity index (χ1n) is 10.4. The summed E-state index contributed by atoms with van der Waals surface area (Å²) in [5, 5.41) is 14.7. The zero-order valence-corrected chi connectivity index (χ0v) is 17.2. The van der Waals surface area contributed by atoms with Gasteiger partial charge < -0.3 is 20.3 Å². The predicted octanol–water partition coefficient (Wildman–Crippen LogP) is 2.65. The number of anilines is 1. The fraction of sp³-hybridized carbons (Fsp3) is 0.208. The lowest BCUT2D eigenvalue weighted by atomic mass is 9.91. The van der Waals surface area contributed by atoms with E-state index < -0.39 is 17.3 Å². The summed E-state index contributed by atoms with van der Waals surface area (Å²) in [6.45, 7) is 1.32. The molecule has 2 aromatic carbocycles. The van der Waals surface area contributed by atoms with E-state index in [9.17, 15) is 14.3 Å². The number of phenolic OH excluding ortho intramolecular Hbond substituents is 1. The van der Waals surface area contributed by atoms with Gasteiger partial charge in [-0.15, -0.1) is 6.42 Å². The van der Waals surface area contributed by atoms with Gasteiger partial charge in [0.1, 0.15) is 23.1 Å². The highest BCUT2D eigenvalue weighted by Gasteiger charge is 2.37. The maximum Gasteiger partial charge on any atom is 0.347 e. The third-order valence-corrected chi connectivity index (χ3v) is 6.37. The number of phenols is 1. The second-order valence-electron chi connectivity index (χ2n) is 8.43. The highest BCUT2D eigenvalue weighted by molar-refractivity contribution is 6.02. The van der Waals surface area contributed by atoms with E-state index in [-0.39, 0.29) is 33.5 Å². The molecule has 3 aliphatic rings. The molecular weight excluding hydrogens is 428 g/mol. The topological polar surface area (TPSA) is 94.1 Å². The molecule has 164 valence electrons. The maximum absolute atomic E-state index is 15.8. The number of rotatable bonds is 2. The van der Waals surface area contributed by atoms with Gasteiger partial charge >= 0.3 is 5.69 Å². The molecule has 3 fully saturated rings. The van der Waals surface area contributed by atoms with Crippen LogP contribution in [0.25, 0.3) is 32.9 Å². The first-order chi connectivity index (χ1) is 15.9. The minimum absolute atomic E-state index is 0.0580. The fourth-order valence-electron chi connectivity index (χ4n) is 4.94. The van der Waals surface area contributed by atoms with Gasteiger partial charge in [0, 0.05) is 42.3 Å². The van der Waals surface area contributed by atoms with Crippen LogP contribution in [-0.4, -0.2) is 45.2 Å². The molecule has 3 N–H and O–H groups in total. The lowest BCUT2D eigenvalue weighted by Gasteiger charge is -2.48. The summed E-state index contributed by atoms with van der Waals surface area (Å²) in [5.74, 6) is 1.07. The average molecular weight is 445 g/mol. The molecule has 0 radical (unpaired) electrons. The van der Waals surface area contributed by atoms with Crippen molar-refractivity contribution in [2.45, 2.75) is 18.5 Å². The van der Waals surface area contributed by atoms with Crippen molar-refractivity contribution in [1.82, 2.24) is 20.3 Å². The number of fused-ring (bicyclic) bond motifs is 4. The van der Waals surface area contributed by atoms with Gasteiger partial charge in [-0.05, 0) is 30.0 Å². The lowest BCUT2D eigenvalue weighted by Crippen LogP contribution is -2.67. The van der Waals surface area contributed by atoms with Crippen LogP contribution in [0.2, 0.25) is 0 Å². The Morgan fingerprint density at radius 3 is 2.70 bits per heavy atom. The van der Waals surface area contributed by atoms with Crippen LogP contribution in [0.3, 0.4) is 0 Å². The van der Waals surface area contributed by atoms with Crippen LogP contribution in [0.15, 0.2) is 35.3 Å². The van der Waals surface area contributed by atoms with E-state index in [0.29, 0.717) is 41.8 Å². The van der Waals surface area contributed by atoms with E-state index in [4.69, 9.17) is 6.42 Å². The number of halogens is 2. The Hall–Kier alpha value is -4.03. The highest BCUT2D eigenvalue weighted by Crippen LogP contribution is 2.38. The van der Waals surface area contributed by atoms with Crippen molar-refractivity contribution in [2.24, 2.45) is 0 Å². The molecule has 2 bridgehead atoms. The van der Waals surface area contributed by atoms with Crippen molar-refractivity contribution < 1.29 is 13.9 Å². The van der Waals surface area contributed by atoms with Crippen LogP contribution >= 0.6 is 0 Å². The van der Waals surface area contributed by atoms with E-state index in [1.54, 1.807) is 0 Å². The fourth-order valence-corrected chi connectivity index (χ4v) is 4.94. The number of piperidine rings is 1. The molecule has 0 amide bonds. The smallest absolute Gasteiger partial charge is 0.347 e. The summed E-state index contributed by atoms with van der Waals surface area (Å²) in [7, 11) is 0. The number of hydrogen-bond acceptors (Lipinski definition) is 6. The Morgan fingerprint density at radius 1 is 1.21 bits per heavy atom. The van der Waals surface area contributed by atoms with Gasteiger partial charge in [0.25, 0.3) is 0 Å². The zero-order chi connectivity index (χ0) is 22.9. The molecule has 0 spiro atoms. The number of aromatic amines is 1. The molecule has 2 unspecified atom stereocenters. The molecule has 2 aromatic heterocycles. The van der Waals surface area contributed by atoms with Crippen molar-refractivity contribution in [3.05, 3.63) is 58.1 Å². The van der Waals surface area contributed by atoms with Crippen molar-refractivity contribution >= 4 is 27.5 Å². The number of benzene rings is 2. The van der Waals surface area contributed by atoms with E-state index >= 15 is 4.39 Å². The quantitative estimate of drug-likeness (QED) is 0.411. The summed E-state index contributed by atoms with van der Waals surface area (Å²) in [5.41, 5.74) is -0.845. The number of aromatic hydroxyl groups is 1. The molecular formula is C24H17F2N5O2. The van der Waals surface area contributed by atoms with Crippen LogP contribution in [-0.2, 0) is 0 Å². The lowest BCUT2D eigenvalue weighted by molar-refractivity contribution is 0.225. The van der Waals surface area contributed by atoms with Crippen molar-refractivity contribution in [1.29, 1.82) is 0 Å². The SMILES string of the molecule is C#Cc1c(F)ccc2cc(O)cc(-c3ncc4c(N5CC6CC(C5)N6)nc(=O)[nH]c4c3F)c12. The normalized spacial score (nSPS) is 19.5. The first kappa shape index (κ1) is 19.6. The Bertz CT molecular complexity index is 1560. The summed E-state index contributed by atoms with van der Waals surface area (Å²) < 4.78 is 30.3. The number of nitrogens with one attached hydrogen (secondary N) is 2. The molecule has 7 rings (SSSR count). The van der Waals surface area contributed by atoms with Crippen molar-refractivity contribution in [2.75, 3.05) is 18.0 Å². The van der Waals surface area contributed by atoms with Crippen molar-refractivity contribution in [3.8, 4) is 29.4 Å². The molecule has 5 heterocycles. The molecule has 9 heteroatoms. The first-order valence-corrected chi connectivity index (χ1v) is 10.4. The van der Waals surface area contributed by atoms with Gasteiger partial charge in [-0.1, -0.05) is 12.0 Å². The Morgan fingerprint density at radius 2 is 1.97 bits per heavy atom. The van der Waals surface area contributed by atoms with Crippen LogP contribution in [0.1, 0.15) is 12.0 Å². The predicted molar refractivity (Wildman–Crippen MR) is 120 cm³/mol. The molecule has 7 nitrogen and oxygen atoms in total. The van der Waals surface area contributed by atoms with Gasteiger partial charge in [0.15, 0.2) is 5.82 Å². The van der Waals surface area contributed by atoms with E-state index in [0.717, 1.165) is 6.42 Å². The number of nitrogens with zero attached hydrogens (tertiary/aromatic N) is 3. The van der Waals surface area contributed by atoms with Gasteiger partial charge in [-0.2, -0.15) is 4.98 Å². The van der Waals surface area contributed by atoms with E-state index in [2.05, 4.69) is 26.2 Å². The maximum atomic E-state index is 15.8. The van der Waals surface area contributed by atoms with Crippen LogP contribution < -0.4 is 15.9 Å². The molecule has 4 aromatic rings. The van der Waals surface area contributed by atoms with E-state index in [1.807, 2.05) is 4.90 Å². The molecule has 0 aliphatic carbocycles. The van der Waals surface area contributed by atoms with Crippen LogP contribution in [0, 0.1) is 24.0 Å². The van der Waals surface area contributed by atoms with Crippen LogP contribution in [0.5, 0.6) is 5.75 Å². The number of hydrogen-bond donors (Lipinski definition) is 3. The van der Waals surface area contributed by atoms with Gasteiger partial charge in [-0.25, -0.2) is 13.6 Å². The number of pyridine rings is 1. The average Bonchev–Trinajstić information content (AvgIpc) is 2.78. The largest absolute Gasteiger partial charge is 0.508 e. The second kappa shape index (κ2) is 6.98. The third kappa shape index (κ3) is 2.95. The Labute approximate surface area is 186 Å². The van der Waals surface area contributed by atoms with Gasteiger partial charge in [-0.3, -0.25) is 4.98 Å². The Balaban J connectivity index is 1.60. The zero-order valence-electron chi connectivity index (χ0n) is 17.2. The molecule has 33 heavy (non-hydrogen) atoms. The highest BCUT2D eigenvalue weighted by atomic mass is 19.1. The molecule has 3 aliphatic heterocycles. The number of piperazine rings is 1. The summed E-state index contributed by atoms with van der Waals surface area (Å²) in [6, 6.07) is 5.97. The molecule has 0 saturated carbocycles. The number of terminal acetylenes is 1. The standard InChI is InChI=1S/C24H17F2N5O2/c1-2-15-18(25)4-3-11-5-14(32)7-16(19(11)15)21-20(26)22-17(8-27-21)23(30-24(33)29-22)31-9-12-6-13(10-31)28-12/h1,3-5,7-8,12-13,28,32H,6,9-10H2,(H,29,30,33). The van der Waals surface area contributed by atoms with Gasteiger partial charge in [0.05, 0.1) is 16.5 Å². The second-order valence-corrected chi connectivity index (χ2v) is 8.43.